The van der Waals surface area contributed by atoms with Gasteiger partial charge in [-0.25, -0.2) is 0 Å². The summed E-state index contributed by atoms with van der Waals surface area (Å²) in [6.07, 6.45) is 0.860. The molecule has 0 saturated heterocycles. The van der Waals surface area contributed by atoms with Crippen molar-refractivity contribution in [2.24, 2.45) is 11.3 Å². The number of nitrogens with zero attached hydrogens (tertiary/aromatic N) is 2. The Kier molecular flexibility index (Phi) is 6.52. The first-order chi connectivity index (χ1) is 15.0. The molecule has 0 aromatic heterocycles. The molecule has 1 aliphatic heterocycles. The van der Waals surface area contributed by atoms with E-state index in [9.17, 15) is 19.7 Å². The topological polar surface area (TPSA) is 102 Å². The second-order valence-corrected chi connectivity index (χ2v) is 9.21. The van der Waals surface area contributed by atoms with E-state index in [4.69, 9.17) is 4.74 Å². The van der Waals surface area contributed by atoms with Gasteiger partial charge in [0, 0.05) is 35.5 Å². The minimum atomic E-state index is -0.671. The van der Waals surface area contributed by atoms with Crippen LogP contribution in [-0.2, 0) is 4.79 Å². The predicted octanol–water partition coefficient (Wildman–Crippen LogP) is 4.95. The summed E-state index contributed by atoms with van der Waals surface area (Å²) < 4.78 is 5.97. The Labute approximate surface area is 187 Å². The number of fused-ring (bicyclic) bond motifs is 1. The number of ether oxygens (including phenoxy) is 1. The quantitative estimate of drug-likeness (QED) is 0.507. The average molecular weight is 440 g/mol. The van der Waals surface area contributed by atoms with Crippen LogP contribution in [0.25, 0.3) is 0 Å². The Morgan fingerprint density at radius 2 is 1.97 bits per heavy atom. The van der Waals surface area contributed by atoms with Gasteiger partial charge >= 0.3 is 0 Å². The van der Waals surface area contributed by atoms with Gasteiger partial charge in [0.1, 0.15) is 12.4 Å². The lowest BCUT2D eigenvalue weighted by molar-refractivity contribution is -0.385. The fourth-order valence-electron chi connectivity index (χ4n) is 3.54. The van der Waals surface area contributed by atoms with Crippen LogP contribution >= 0.6 is 0 Å². The number of anilines is 2. The van der Waals surface area contributed by atoms with E-state index < -0.39 is 10.3 Å². The molecule has 1 aliphatic rings. The number of carbonyl (C=O) groups excluding carboxylic acids is 2. The molecule has 0 saturated carbocycles. The van der Waals surface area contributed by atoms with Gasteiger partial charge in [-0.05, 0) is 57.4 Å². The van der Waals surface area contributed by atoms with E-state index in [0.29, 0.717) is 40.7 Å². The molecule has 8 nitrogen and oxygen atoms in total. The summed E-state index contributed by atoms with van der Waals surface area (Å²) in [6.45, 7) is 10.4. The van der Waals surface area contributed by atoms with Crippen LogP contribution in [0.15, 0.2) is 36.4 Å². The fourth-order valence-corrected chi connectivity index (χ4v) is 3.54. The first kappa shape index (κ1) is 23.2. The molecule has 3 rings (SSSR count). The molecule has 8 heteroatoms. The van der Waals surface area contributed by atoms with Gasteiger partial charge in [-0.1, -0.05) is 13.8 Å². The second kappa shape index (κ2) is 8.98. The van der Waals surface area contributed by atoms with E-state index in [1.54, 1.807) is 30.0 Å². The monoisotopic (exact) mass is 439 g/mol. The van der Waals surface area contributed by atoms with Crippen molar-refractivity contribution < 1.29 is 19.2 Å². The highest BCUT2D eigenvalue weighted by atomic mass is 16.6. The Balaban J connectivity index is 1.86. The molecule has 0 unspecified atom stereocenters. The highest BCUT2D eigenvalue weighted by Gasteiger charge is 2.37. The SMILES string of the molecule is Cc1cc(C(=O)Nc2ccc3c(c2)OCC(C)(C)C(=O)N3CCC(C)C)ccc1[N+](=O)[O-]. The molecule has 2 aromatic rings. The molecule has 2 amide bonds. The maximum atomic E-state index is 13.1. The van der Waals surface area contributed by atoms with Crippen LogP contribution < -0.4 is 15.0 Å². The number of nitrogens with one attached hydrogen (secondary N) is 1. The first-order valence-electron chi connectivity index (χ1n) is 10.6. The fraction of sp³-hybridized carbons (Fsp3) is 0.417. The molecule has 1 N–H and O–H groups in total. The lowest BCUT2D eigenvalue weighted by atomic mass is 9.92. The molecule has 0 bridgehead atoms. The molecular formula is C24H29N3O5. The molecular weight excluding hydrogens is 410 g/mol. The van der Waals surface area contributed by atoms with Crippen LogP contribution in [0.1, 0.15) is 50.0 Å². The number of hydrogen-bond donors (Lipinski definition) is 1. The number of amides is 2. The lowest BCUT2D eigenvalue weighted by Crippen LogP contribution is -2.42. The summed E-state index contributed by atoms with van der Waals surface area (Å²) in [4.78, 5) is 38.1. The van der Waals surface area contributed by atoms with Crippen molar-refractivity contribution >= 4 is 28.9 Å². The molecule has 0 spiro atoms. The largest absolute Gasteiger partial charge is 0.490 e. The molecule has 0 atom stereocenters. The minimum absolute atomic E-state index is 0.00930. The van der Waals surface area contributed by atoms with Crippen molar-refractivity contribution in [1.29, 1.82) is 0 Å². The van der Waals surface area contributed by atoms with Crippen LogP contribution in [0.3, 0.4) is 0 Å². The van der Waals surface area contributed by atoms with Crippen LogP contribution in [0.5, 0.6) is 5.75 Å². The van der Waals surface area contributed by atoms with Crippen LogP contribution in [0.4, 0.5) is 17.1 Å². The van der Waals surface area contributed by atoms with Crippen LogP contribution in [0, 0.1) is 28.4 Å². The summed E-state index contributed by atoms with van der Waals surface area (Å²) in [5.41, 5.74) is 1.23. The van der Waals surface area contributed by atoms with Gasteiger partial charge in [-0.3, -0.25) is 19.7 Å². The number of nitro benzene ring substituents is 1. The maximum Gasteiger partial charge on any atom is 0.272 e. The normalized spacial score (nSPS) is 15.1. The maximum absolute atomic E-state index is 13.1. The van der Waals surface area contributed by atoms with Crippen molar-refractivity contribution in [3.8, 4) is 5.75 Å². The molecule has 32 heavy (non-hydrogen) atoms. The lowest BCUT2D eigenvalue weighted by Gasteiger charge is -2.28. The number of aryl methyl sites for hydroxylation is 1. The van der Waals surface area contributed by atoms with Gasteiger partial charge in [0.05, 0.1) is 16.0 Å². The van der Waals surface area contributed by atoms with Gasteiger partial charge in [0.2, 0.25) is 5.91 Å². The zero-order valence-corrected chi connectivity index (χ0v) is 19.1. The molecule has 0 radical (unpaired) electrons. The van der Waals surface area contributed by atoms with E-state index in [1.807, 2.05) is 13.8 Å². The van der Waals surface area contributed by atoms with Crippen LogP contribution in [-0.4, -0.2) is 29.9 Å². The Bertz CT molecular complexity index is 1060. The van der Waals surface area contributed by atoms with E-state index in [0.717, 1.165) is 6.42 Å². The van der Waals surface area contributed by atoms with Gasteiger partial charge in [0.25, 0.3) is 11.6 Å². The average Bonchev–Trinajstić information content (AvgIpc) is 2.81. The standard InChI is InChI=1S/C24H29N3O5/c1-15(2)10-11-26-20-9-7-18(13-21(20)32-14-24(4,5)23(26)29)25-22(28)17-6-8-19(27(30)31)16(3)12-17/h6-9,12-13,15H,10-11,14H2,1-5H3,(H,25,28). The third-order valence-corrected chi connectivity index (χ3v) is 5.51. The summed E-state index contributed by atoms with van der Waals surface area (Å²) in [5.74, 6) is 0.604. The predicted molar refractivity (Wildman–Crippen MR) is 123 cm³/mol. The van der Waals surface area contributed by atoms with Gasteiger partial charge < -0.3 is 15.0 Å². The third-order valence-electron chi connectivity index (χ3n) is 5.51. The highest BCUT2D eigenvalue weighted by Crippen LogP contribution is 2.38. The Morgan fingerprint density at radius 3 is 2.59 bits per heavy atom. The van der Waals surface area contributed by atoms with Gasteiger partial charge in [-0.15, -0.1) is 0 Å². The first-order valence-corrected chi connectivity index (χ1v) is 10.6. The van der Waals surface area contributed by atoms with Crippen molar-refractivity contribution in [2.45, 2.75) is 41.0 Å². The van der Waals surface area contributed by atoms with Crippen molar-refractivity contribution in [3.63, 3.8) is 0 Å². The number of carbonyl (C=O) groups is 2. The van der Waals surface area contributed by atoms with Crippen molar-refractivity contribution in [2.75, 3.05) is 23.4 Å². The van der Waals surface area contributed by atoms with E-state index in [-0.39, 0.29) is 24.1 Å². The van der Waals surface area contributed by atoms with Crippen molar-refractivity contribution in [1.82, 2.24) is 0 Å². The zero-order valence-electron chi connectivity index (χ0n) is 19.1. The minimum Gasteiger partial charge on any atom is -0.490 e. The second-order valence-electron chi connectivity index (χ2n) is 9.21. The summed E-state index contributed by atoms with van der Waals surface area (Å²) in [6, 6.07) is 9.46. The van der Waals surface area contributed by atoms with Crippen molar-refractivity contribution in [3.05, 3.63) is 57.6 Å². The molecule has 1 heterocycles. The van der Waals surface area contributed by atoms with E-state index in [1.165, 1.54) is 18.2 Å². The highest BCUT2D eigenvalue weighted by molar-refractivity contribution is 6.05. The van der Waals surface area contributed by atoms with Gasteiger partial charge in [0.15, 0.2) is 0 Å². The molecule has 170 valence electrons. The number of hydrogen-bond acceptors (Lipinski definition) is 5. The summed E-state index contributed by atoms with van der Waals surface area (Å²) >= 11 is 0. The number of benzene rings is 2. The Hall–Kier alpha value is -3.42. The van der Waals surface area contributed by atoms with E-state index >= 15 is 0 Å². The number of nitro groups is 1. The summed E-state index contributed by atoms with van der Waals surface area (Å²) in [5, 5.41) is 13.8. The summed E-state index contributed by atoms with van der Waals surface area (Å²) in [7, 11) is 0. The molecule has 0 fully saturated rings. The molecule has 0 aliphatic carbocycles. The van der Waals surface area contributed by atoms with Crippen LogP contribution in [0.2, 0.25) is 0 Å². The zero-order chi connectivity index (χ0) is 23.6. The Morgan fingerprint density at radius 1 is 1.25 bits per heavy atom. The van der Waals surface area contributed by atoms with Gasteiger partial charge in [-0.2, -0.15) is 0 Å². The van der Waals surface area contributed by atoms with E-state index in [2.05, 4.69) is 19.2 Å². The third kappa shape index (κ3) is 4.90. The number of rotatable bonds is 6. The smallest absolute Gasteiger partial charge is 0.272 e. The molecule has 2 aromatic carbocycles.